The van der Waals surface area contributed by atoms with Gasteiger partial charge in [-0.3, -0.25) is 0 Å². The van der Waals surface area contributed by atoms with E-state index in [9.17, 15) is 0 Å². The molecule has 2 heteroatoms. The van der Waals surface area contributed by atoms with Gasteiger partial charge in [-0.05, 0) is 42.4 Å². The Bertz CT molecular complexity index is 386. The van der Waals surface area contributed by atoms with Crippen LogP contribution in [0.2, 0.25) is 0 Å². The second kappa shape index (κ2) is 7.12. The molecule has 1 fully saturated rings. The highest BCUT2D eigenvalue weighted by Crippen LogP contribution is 2.27. The average molecular weight is 274 g/mol. The van der Waals surface area contributed by atoms with Crippen molar-refractivity contribution in [2.75, 3.05) is 18.0 Å². The second-order valence-corrected chi connectivity index (χ2v) is 6.77. The first-order valence-electron chi connectivity index (χ1n) is 8.13. The molecule has 1 N–H and O–H groups in total. The highest BCUT2D eigenvalue weighted by atomic mass is 15.1. The van der Waals surface area contributed by atoms with Crippen LogP contribution in [0.1, 0.15) is 46.1 Å². The van der Waals surface area contributed by atoms with Gasteiger partial charge in [-0.25, -0.2) is 0 Å². The lowest BCUT2D eigenvalue weighted by atomic mass is 9.86. The van der Waals surface area contributed by atoms with Crippen LogP contribution in [0.5, 0.6) is 0 Å². The molecule has 0 aromatic heterocycles. The van der Waals surface area contributed by atoms with E-state index in [0.717, 1.165) is 18.4 Å². The van der Waals surface area contributed by atoms with Crippen LogP contribution >= 0.6 is 0 Å². The van der Waals surface area contributed by atoms with Crippen molar-refractivity contribution in [3.05, 3.63) is 29.8 Å². The minimum absolute atomic E-state index is 0.546. The number of hydrogen-bond acceptors (Lipinski definition) is 2. The number of rotatable bonds is 5. The van der Waals surface area contributed by atoms with E-state index in [-0.39, 0.29) is 0 Å². The Kier molecular flexibility index (Phi) is 5.47. The summed E-state index contributed by atoms with van der Waals surface area (Å²) in [5, 5.41) is 3.47. The SMILES string of the molecule is CC(C)NCc1ccc(N2CCC(C(C)C)CC2)cc1. The lowest BCUT2D eigenvalue weighted by molar-refractivity contribution is 0.311. The van der Waals surface area contributed by atoms with Gasteiger partial charge >= 0.3 is 0 Å². The molecule has 0 bridgehead atoms. The van der Waals surface area contributed by atoms with Gasteiger partial charge in [0.2, 0.25) is 0 Å². The largest absolute Gasteiger partial charge is 0.372 e. The van der Waals surface area contributed by atoms with Crippen LogP contribution in [-0.2, 0) is 6.54 Å². The standard InChI is InChI=1S/C18H30N2/c1-14(2)17-9-11-20(12-10-17)18-7-5-16(6-8-18)13-19-15(3)4/h5-8,14-15,17,19H,9-13H2,1-4H3. The molecule has 0 spiro atoms. The van der Waals surface area contributed by atoms with Gasteiger partial charge in [0.05, 0.1) is 0 Å². The summed E-state index contributed by atoms with van der Waals surface area (Å²) in [4.78, 5) is 2.54. The summed E-state index contributed by atoms with van der Waals surface area (Å²) in [7, 11) is 0. The third kappa shape index (κ3) is 4.24. The van der Waals surface area contributed by atoms with Gasteiger partial charge in [0.15, 0.2) is 0 Å². The van der Waals surface area contributed by atoms with Crippen LogP contribution in [0.25, 0.3) is 0 Å². The van der Waals surface area contributed by atoms with Crippen LogP contribution < -0.4 is 10.2 Å². The van der Waals surface area contributed by atoms with Crippen molar-refractivity contribution in [2.45, 2.75) is 53.1 Å². The first kappa shape index (κ1) is 15.4. The molecule has 2 rings (SSSR count). The van der Waals surface area contributed by atoms with Gasteiger partial charge in [0.25, 0.3) is 0 Å². The average Bonchev–Trinajstić information content (AvgIpc) is 2.46. The number of anilines is 1. The topological polar surface area (TPSA) is 15.3 Å². The number of piperidine rings is 1. The van der Waals surface area contributed by atoms with Crippen molar-refractivity contribution in [1.82, 2.24) is 5.32 Å². The molecule has 2 nitrogen and oxygen atoms in total. The number of benzene rings is 1. The Morgan fingerprint density at radius 3 is 2.15 bits per heavy atom. The first-order valence-corrected chi connectivity index (χ1v) is 8.13. The molecule has 1 heterocycles. The van der Waals surface area contributed by atoms with Crippen LogP contribution in [0.3, 0.4) is 0 Å². The Morgan fingerprint density at radius 1 is 1.05 bits per heavy atom. The smallest absolute Gasteiger partial charge is 0.0366 e. The fraction of sp³-hybridized carbons (Fsp3) is 0.667. The summed E-state index contributed by atoms with van der Waals surface area (Å²) >= 11 is 0. The maximum absolute atomic E-state index is 3.47. The zero-order chi connectivity index (χ0) is 14.5. The normalized spacial score (nSPS) is 17.2. The van der Waals surface area contributed by atoms with E-state index < -0.39 is 0 Å². The molecular formula is C18H30N2. The fourth-order valence-electron chi connectivity index (χ4n) is 2.97. The van der Waals surface area contributed by atoms with Gasteiger partial charge in [0.1, 0.15) is 0 Å². The van der Waals surface area contributed by atoms with E-state index in [2.05, 4.69) is 62.2 Å². The van der Waals surface area contributed by atoms with E-state index in [1.54, 1.807) is 0 Å². The van der Waals surface area contributed by atoms with E-state index >= 15 is 0 Å². The predicted molar refractivity (Wildman–Crippen MR) is 88.2 cm³/mol. The summed E-state index contributed by atoms with van der Waals surface area (Å²) in [6.07, 6.45) is 2.68. The van der Waals surface area contributed by atoms with Crippen LogP contribution in [0.4, 0.5) is 5.69 Å². The lowest BCUT2D eigenvalue weighted by Crippen LogP contribution is -2.35. The van der Waals surface area contributed by atoms with Crippen molar-refractivity contribution in [1.29, 1.82) is 0 Å². The molecule has 0 unspecified atom stereocenters. The van der Waals surface area contributed by atoms with E-state index in [4.69, 9.17) is 0 Å². The zero-order valence-electron chi connectivity index (χ0n) is 13.5. The number of hydrogen-bond donors (Lipinski definition) is 1. The molecule has 1 aromatic carbocycles. The van der Waals surface area contributed by atoms with Crippen molar-refractivity contribution >= 4 is 5.69 Å². The third-order valence-corrected chi connectivity index (χ3v) is 4.50. The first-order chi connectivity index (χ1) is 9.56. The molecule has 0 saturated carbocycles. The molecule has 0 atom stereocenters. The number of nitrogens with one attached hydrogen (secondary N) is 1. The van der Waals surface area contributed by atoms with Crippen LogP contribution in [0, 0.1) is 11.8 Å². The maximum atomic E-state index is 3.47. The van der Waals surface area contributed by atoms with Gasteiger partial charge < -0.3 is 10.2 Å². The molecule has 0 radical (unpaired) electrons. The van der Waals surface area contributed by atoms with Gasteiger partial charge in [-0.1, -0.05) is 39.8 Å². The third-order valence-electron chi connectivity index (χ3n) is 4.50. The Labute approximate surface area is 124 Å². The quantitative estimate of drug-likeness (QED) is 0.871. The maximum Gasteiger partial charge on any atom is 0.0366 e. The molecule has 1 aliphatic heterocycles. The molecular weight excluding hydrogens is 244 g/mol. The Balaban J connectivity index is 1.87. The van der Waals surface area contributed by atoms with Crippen molar-refractivity contribution in [3.63, 3.8) is 0 Å². The summed E-state index contributed by atoms with van der Waals surface area (Å²) in [5.74, 6) is 1.75. The van der Waals surface area contributed by atoms with Crippen LogP contribution in [-0.4, -0.2) is 19.1 Å². The van der Waals surface area contributed by atoms with Gasteiger partial charge in [0, 0.05) is 31.4 Å². The summed E-state index contributed by atoms with van der Waals surface area (Å²) in [6, 6.07) is 9.64. The van der Waals surface area contributed by atoms with E-state index in [0.29, 0.717) is 6.04 Å². The minimum atomic E-state index is 0.546. The molecule has 1 aromatic rings. The van der Waals surface area contributed by atoms with E-state index in [1.807, 2.05) is 0 Å². The summed E-state index contributed by atoms with van der Waals surface area (Å²) in [5.41, 5.74) is 2.76. The molecule has 112 valence electrons. The van der Waals surface area contributed by atoms with Crippen LogP contribution in [0.15, 0.2) is 24.3 Å². The molecule has 20 heavy (non-hydrogen) atoms. The Hall–Kier alpha value is -1.02. The predicted octanol–water partition coefficient (Wildman–Crippen LogP) is 4.06. The molecule has 0 aliphatic carbocycles. The lowest BCUT2D eigenvalue weighted by Gasteiger charge is -2.35. The number of nitrogens with zero attached hydrogens (tertiary/aromatic N) is 1. The highest BCUT2D eigenvalue weighted by molar-refractivity contribution is 5.48. The molecule has 1 saturated heterocycles. The molecule has 0 amide bonds. The minimum Gasteiger partial charge on any atom is -0.372 e. The van der Waals surface area contributed by atoms with E-state index in [1.165, 1.54) is 37.2 Å². The van der Waals surface area contributed by atoms with Gasteiger partial charge in [-0.2, -0.15) is 0 Å². The molecule has 1 aliphatic rings. The van der Waals surface area contributed by atoms with Crippen molar-refractivity contribution in [2.24, 2.45) is 11.8 Å². The van der Waals surface area contributed by atoms with Gasteiger partial charge in [-0.15, -0.1) is 0 Å². The monoisotopic (exact) mass is 274 g/mol. The zero-order valence-corrected chi connectivity index (χ0v) is 13.5. The summed E-state index contributed by atoms with van der Waals surface area (Å²) in [6.45, 7) is 12.5. The second-order valence-electron chi connectivity index (χ2n) is 6.77. The fourth-order valence-corrected chi connectivity index (χ4v) is 2.97. The van der Waals surface area contributed by atoms with Crippen molar-refractivity contribution in [3.8, 4) is 0 Å². The Morgan fingerprint density at radius 2 is 1.65 bits per heavy atom. The van der Waals surface area contributed by atoms with Crippen molar-refractivity contribution < 1.29 is 0 Å². The highest BCUT2D eigenvalue weighted by Gasteiger charge is 2.21. The summed E-state index contributed by atoms with van der Waals surface area (Å²) < 4.78 is 0.